The van der Waals surface area contributed by atoms with E-state index in [9.17, 15) is 10.1 Å². The summed E-state index contributed by atoms with van der Waals surface area (Å²) in [5.41, 5.74) is -0.217. The van der Waals surface area contributed by atoms with Gasteiger partial charge in [-0.1, -0.05) is 30.1 Å². The van der Waals surface area contributed by atoms with E-state index in [4.69, 9.17) is 27.9 Å². The highest BCUT2D eigenvalue weighted by atomic mass is 35.5. The molecule has 0 unspecified atom stereocenters. The van der Waals surface area contributed by atoms with Gasteiger partial charge in [0.25, 0.3) is 5.69 Å². The molecule has 0 saturated carbocycles. The minimum Gasteiger partial charge on any atom is -0.492 e. The molecule has 0 spiro atoms. The van der Waals surface area contributed by atoms with Gasteiger partial charge in [-0.05, 0) is 12.5 Å². The molecule has 0 heterocycles. The topological polar surface area (TPSA) is 52.4 Å². The number of halogens is 2. The van der Waals surface area contributed by atoms with Gasteiger partial charge in [0.05, 0.1) is 11.5 Å². The Hall–Kier alpha value is -1.00. The summed E-state index contributed by atoms with van der Waals surface area (Å²) < 4.78 is 5.26. The number of nitro groups is 1. The molecule has 0 atom stereocenters. The molecule has 0 saturated heterocycles. The molecule has 1 rings (SSSR count). The molecule has 0 bridgehead atoms. The van der Waals surface area contributed by atoms with Crippen molar-refractivity contribution in [2.24, 2.45) is 0 Å². The van der Waals surface area contributed by atoms with Crippen molar-refractivity contribution in [1.82, 2.24) is 0 Å². The molecule has 1 aromatic carbocycles. The second kappa shape index (κ2) is 5.19. The molecular weight excluding hydrogens is 241 g/mol. The fourth-order valence-electron chi connectivity index (χ4n) is 0.986. The van der Waals surface area contributed by atoms with E-state index in [2.05, 4.69) is 0 Å². The van der Waals surface area contributed by atoms with Crippen molar-refractivity contribution < 1.29 is 9.66 Å². The number of benzene rings is 1. The summed E-state index contributed by atoms with van der Waals surface area (Å²) in [5, 5.41) is 10.5. The lowest BCUT2D eigenvalue weighted by Gasteiger charge is -2.07. The van der Waals surface area contributed by atoms with Gasteiger partial charge >= 0.3 is 0 Å². The lowest BCUT2D eigenvalue weighted by Crippen LogP contribution is -1.97. The molecule has 0 aliphatic heterocycles. The van der Waals surface area contributed by atoms with Crippen LogP contribution in [0.5, 0.6) is 5.75 Å². The average molecular weight is 250 g/mol. The van der Waals surface area contributed by atoms with Gasteiger partial charge in [-0.3, -0.25) is 10.1 Å². The third-order valence-corrected chi connectivity index (χ3v) is 2.54. The lowest BCUT2D eigenvalue weighted by molar-refractivity contribution is -0.384. The van der Waals surface area contributed by atoms with E-state index in [-0.39, 0.29) is 15.7 Å². The van der Waals surface area contributed by atoms with Crippen molar-refractivity contribution in [3.8, 4) is 5.75 Å². The molecule has 82 valence electrons. The smallest absolute Gasteiger partial charge is 0.289 e. The fourth-order valence-corrected chi connectivity index (χ4v) is 1.43. The quantitative estimate of drug-likeness (QED) is 0.604. The molecule has 0 aromatic heterocycles. The maximum Gasteiger partial charge on any atom is 0.289 e. The summed E-state index contributed by atoms with van der Waals surface area (Å²) >= 11 is 11.5. The van der Waals surface area contributed by atoms with Crippen LogP contribution in [0.2, 0.25) is 10.0 Å². The Bertz CT molecular complexity index is 382. The molecule has 0 aliphatic rings. The second-order valence-electron chi connectivity index (χ2n) is 2.82. The first-order valence-electron chi connectivity index (χ1n) is 4.33. The Labute approximate surface area is 96.9 Å². The van der Waals surface area contributed by atoms with E-state index >= 15 is 0 Å². The minimum absolute atomic E-state index is 0.0827. The molecule has 15 heavy (non-hydrogen) atoms. The van der Waals surface area contributed by atoms with E-state index in [0.717, 1.165) is 6.42 Å². The summed E-state index contributed by atoms with van der Waals surface area (Å²) in [6.07, 6.45) is 0.824. The zero-order valence-corrected chi connectivity index (χ0v) is 9.51. The highest BCUT2D eigenvalue weighted by molar-refractivity contribution is 6.44. The lowest BCUT2D eigenvalue weighted by atomic mass is 10.3. The van der Waals surface area contributed by atoms with Crippen LogP contribution in [0.4, 0.5) is 5.69 Å². The largest absolute Gasteiger partial charge is 0.492 e. The SMILES string of the molecule is CCCOc1ccc([N+](=O)[O-])c(Cl)c1Cl. The summed E-state index contributed by atoms with van der Waals surface area (Å²) in [6.45, 7) is 2.44. The van der Waals surface area contributed by atoms with Gasteiger partial charge in [0.2, 0.25) is 0 Å². The molecule has 6 heteroatoms. The predicted molar refractivity (Wildman–Crippen MR) is 58.9 cm³/mol. The number of nitro benzene ring substituents is 1. The first kappa shape index (κ1) is 12.1. The number of hydrogen-bond acceptors (Lipinski definition) is 3. The van der Waals surface area contributed by atoms with Crippen LogP contribution >= 0.6 is 23.2 Å². The normalized spacial score (nSPS) is 10.1. The number of rotatable bonds is 4. The van der Waals surface area contributed by atoms with Gasteiger partial charge in [0, 0.05) is 6.07 Å². The highest BCUT2D eigenvalue weighted by Gasteiger charge is 2.18. The zero-order chi connectivity index (χ0) is 11.4. The Kier molecular flexibility index (Phi) is 4.17. The second-order valence-corrected chi connectivity index (χ2v) is 3.57. The number of ether oxygens (including phenoxy) is 1. The van der Waals surface area contributed by atoms with Gasteiger partial charge in [-0.2, -0.15) is 0 Å². The first-order valence-corrected chi connectivity index (χ1v) is 5.08. The third kappa shape index (κ3) is 2.73. The van der Waals surface area contributed by atoms with Crippen LogP contribution in [0.25, 0.3) is 0 Å². The summed E-state index contributed by atoms with van der Waals surface area (Å²) in [7, 11) is 0. The fraction of sp³-hybridized carbons (Fsp3) is 0.333. The van der Waals surface area contributed by atoms with Crippen molar-refractivity contribution >= 4 is 28.9 Å². The van der Waals surface area contributed by atoms with Gasteiger partial charge in [-0.25, -0.2) is 0 Å². The van der Waals surface area contributed by atoms with E-state index < -0.39 is 4.92 Å². The van der Waals surface area contributed by atoms with E-state index in [0.29, 0.717) is 12.4 Å². The molecular formula is C9H9Cl2NO3. The molecule has 4 nitrogen and oxygen atoms in total. The molecule has 0 amide bonds. The molecule has 0 N–H and O–H groups in total. The Balaban J connectivity index is 3.04. The minimum atomic E-state index is -0.586. The molecule has 0 aliphatic carbocycles. The van der Waals surface area contributed by atoms with Gasteiger partial charge in [-0.15, -0.1) is 0 Å². The Morgan fingerprint density at radius 3 is 2.60 bits per heavy atom. The number of nitrogens with zero attached hydrogens (tertiary/aromatic N) is 1. The standard InChI is InChI=1S/C9H9Cl2NO3/c1-2-5-15-7-4-3-6(12(13)14)8(10)9(7)11/h3-4H,2,5H2,1H3. The van der Waals surface area contributed by atoms with Crippen LogP contribution in [0.1, 0.15) is 13.3 Å². The van der Waals surface area contributed by atoms with Crippen LogP contribution in [-0.2, 0) is 0 Å². The van der Waals surface area contributed by atoms with Gasteiger partial charge in [0.1, 0.15) is 15.8 Å². The van der Waals surface area contributed by atoms with Crippen LogP contribution in [-0.4, -0.2) is 11.5 Å². The van der Waals surface area contributed by atoms with E-state index in [1.54, 1.807) is 0 Å². The highest BCUT2D eigenvalue weighted by Crippen LogP contribution is 2.38. The van der Waals surface area contributed by atoms with Crippen LogP contribution in [0, 0.1) is 10.1 Å². The van der Waals surface area contributed by atoms with Crippen molar-refractivity contribution in [1.29, 1.82) is 0 Å². The molecule has 0 fully saturated rings. The average Bonchev–Trinajstić information content (AvgIpc) is 2.20. The van der Waals surface area contributed by atoms with Crippen molar-refractivity contribution in [3.05, 3.63) is 32.3 Å². The summed E-state index contributed by atoms with van der Waals surface area (Å²) in [5.74, 6) is 0.370. The Morgan fingerprint density at radius 1 is 1.40 bits per heavy atom. The van der Waals surface area contributed by atoms with Crippen molar-refractivity contribution in [3.63, 3.8) is 0 Å². The molecule has 1 aromatic rings. The van der Waals surface area contributed by atoms with Crippen LogP contribution < -0.4 is 4.74 Å². The van der Waals surface area contributed by atoms with Crippen molar-refractivity contribution in [2.45, 2.75) is 13.3 Å². The maximum absolute atomic E-state index is 10.5. The van der Waals surface area contributed by atoms with Crippen LogP contribution in [0.3, 0.4) is 0 Å². The maximum atomic E-state index is 10.5. The van der Waals surface area contributed by atoms with Crippen LogP contribution in [0.15, 0.2) is 12.1 Å². The van der Waals surface area contributed by atoms with E-state index in [1.807, 2.05) is 6.92 Å². The monoisotopic (exact) mass is 249 g/mol. The predicted octanol–water partition coefficient (Wildman–Crippen LogP) is 3.69. The van der Waals surface area contributed by atoms with Gasteiger partial charge in [0.15, 0.2) is 0 Å². The zero-order valence-electron chi connectivity index (χ0n) is 8.00. The van der Waals surface area contributed by atoms with Gasteiger partial charge < -0.3 is 4.74 Å². The third-order valence-electron chi connectivity index (χ3n) is 1.68. The summed E-state index contributed by atoms with van der Waals surface area (Å²) in [4.78, 5) is 9.94. The van der Waals surface area contributed by atoms with E-state index in [1.165, 1.54) is 12.1 Å². The Morgan fingerprint density at radius 2 is 2.07 bits per heavy atom. The first-order chi connectivity index (χ1) is 7.07. The summed E-state index contributed by atoms with van der Waals surface area (Å²) in [6, 6.07) is 2.72. The van der Waals surface area contributed by atoms with Crippen molar-refractivity contribution in [2.75, 3.05) is 6.61 Å². The molecule has 0 radical (unpaired) electrons. The number of hydrogen-bond donors (Lipinski definition) is 0.